The molecule has 1 N–H and O–H groups in total. The molecule has 0 bridgehead atoms. The van der Waals surface area contributed by atoms with Crippen LogP contribution in [0.1, 0.15) is 11.4 Å². The Kier molecular flexibility index (Phi) is 4.19. The number of rotatable bonds is 4. The van der Waals surface area contributed by atoms with E-state index in [0.29, 0.717) is 23.3 Å². The highest BCUT2D eigenvalue weighted by Gasteiger charge is 2.11. The van der Waals surface area contributed by atoms with E-state index in [1.165, 1.54) is 4.57 Å². The Hall–Kier alpha value is -2.95. The number of hydrogen-bond donors (Lipinski definition) is 1. The van der Waals surface area contributed by atoms with Gasteiger partial charge < -0.3 is 5.32 Å². The molecule has 23 heavy (non-hydrogen) atoms. The summed E-state index contributed by atoms with van der Waals surface area (Å²) in [6, 6.07) is 16.8. The van der Waals surface area contributed by atoms with Gasteiger partial charge in [-0.15, -0.1) is 0 Å². The van der Waals surface area contributed by atoms with E-state index < -0.39 is 0 Å². The molecule has 3 rings (SSSR count). The molecule has 1 amide bonds. The predicted molar refractivity (Wildman–Crippen MR) is 89.0 cm³/mol. The van der Waals surface area contributed by atoms with Crippen LogP contribution in [-0.2, 0) is 17.9 Å². The number of aryl methyl sites for hydroxylation is 1. The first kappa shape index (κ1) is 15.0. The quantitative estimate of drug-likeness (QED) is 0.802. The number of aromatic nitrogens is 2. The van der Waals surface area contributed by atoms with Gasteiger partial charge in [-0.1, -0.05) is 42.5 Å². The normalized spacial score (nSPS) is 10.7. The zero-order valence-corrected chi connectivity index (χ0v) is 12.8. The van der Waals surface area contributed by atoms with Gasteiger partial charge in [0.25, 0.3) is 5.56 Å². The Morgan fingerprint density at radius 3 is 2.57 bits per heavy atom. The third-order valence-corrected chi connectivity index (χ3v) is 3.69. The Labute approximate surface area is 133 Å². The van der Waals surface area contributed by atoms with Crippen molar-refractivity contribution in [3.63, 3.8) is 0 Å². The van der Waals surface area contributed by atoms with Gasteiger partial charge in [0, 0.05) is 6.54 Å². The Balaban J connectivity index is 1.78. The van der Waals surface area contributed by atoms with Crippen LogP contribution >= 0.6 is 0 Å². The molecule has 0 saturated carbocycles. The minimum Gasteiger partial charge on any atom is -0.350 e. The molecule has 3 aromatic rings. The minimum absolute atomic E-state index is 0.0324. The lowest BCUT2D eigenvalue weighted by Gasteiger charge is -2.11. The first-order valence-corrected chi connectivity index (χ1v) is 7.42. The van der Waals surface area contributed by atoms with Crippen molar-refractivity contribution in [2.45, 2.75) is 20.0 Å². The van der Waals surface area contributed by atoms with Crippen molar-refractivity contribution in [1.82, 2.24) is 14.9 Å². The largest absolute Gasteiger partial charge is 0.350 e. The van der Waals surface area contributed by atoms with Crippen molar-refractivity contribution in [3.8, 4) is 0 Å². The van der Waals surface area contributed by atoms with E-state index in [-0.39, 0.29) is 18.0 Å². The van der Waals surface area contributed by atoms with Crippen molar-refractivity contribution in [2.24, 2.45) is 0 Å². The maximum atomic E-state index is 12.5. The molecule has 0 aliphatic carbocycles. The van der Waals surface area contributed by atoms with Gasteiger partial charge in [0.05, 0.1) is 10.9 Å². The lowest BCUT2D eigenvalue weighted by molar-refractivity contribution is -0.121. The first-order valence-electron chi connectivity index (χ1n) is 7.42. The first-order chi connectivity index (χ1) is 11.1. The van der Waals surface area contributed by atoms with E-state index in [1.54, 1.807) is 25.1 Å². The van der Waals surface area contributed by atoms with Crippen LogP contribution in [0.15, 0.2) is 59.4 Å². The number of fused-ring (bicyclic) bond motifs is 1. The van der Waals surface area contributed by atoms with E-state index in [0.717, 1.165) is 5.56 Å². The number of amides is 1. The van der Waals surface area contributed by atoms with Crippen LogP contribution in [0.25, 0.3) is 10.9 Å². The maximum Gasteiger partial charge on any atom is 0.261 e. The van der Waals surface area contributed by atoms with Crippen LogP contribution in [-0.4, -0.2) is 15.5 Å². The number of nitrogens with one attached hydrogen (secondary N) is 1. The van der Waals surface area contributed by atoms with E-state index in [4.69, 9.17) is 0 Å². The summed E-state index contributed by atoms with van der Waals surface area (Å²) in [4.78, 5) is 29.0. The molecule has 0 fully saturated rings. The molecule has 1 aromatic heterocycles. The molecule has 5 nitrogen and oxygen atoms in total. The second-order valence-electron chi connectivity index (χ2n) is 5.33. The Morgan fingerprint density at radius 1 is 1.09 bits per heavy atom. The van der Waals surface area contributed by atoms with Crippen molar-refractivity contribution >= 4 is 16.8 Å². The van der Waals surface area contributed by atoms with Gasteiger partial charge in [0.15, 0.2) is 0 Å². The fourth-order valence-corrected chi connectivity index (χ4v) is 2.46. The maximum absolute atomic E-state index is 12.5. The highest BCUT2D eigenvalue weighted by atomic mass is 16.2. The van der Waals surface area contributed by atoms with Crippen molar-refractivity contribution in [1.29, 1.82) is 0 Å². The average molecular weight is 307 g/mol. The summed E-state index contributed by atoms with van der Waals surface area (Å²) in [5.41, 5.74) is 1.47. The van der Waals surface area contributed by atoms with E-state index in [1.807, 2.05) is 36.4 Å². The van der Waals surface area contributed by atoms with Gasteiger partial charge in [-0.05, 0) is 24.6 Å². The van der Waals surface area contributed by atoms with Crippen molar-refractivity contribution < 1.29 is 4.79 Å². The monoisotopic (exact) mass is 307 g/mol. The predicted octanol–water partition coefficient (Wildman–Crippen LogP) is 2.02. The number of para-hydroxylation sites is 1. The van der Waals surface area contributed by atoms with Gasteiger partial charge >= 0.3 is 0 Å². The second kappa shape index (κ2) is 6.44. The van der Waals surface area contributed by atoms with Gasteiger partial charge in [0.1, 0.15) is 12.4 Å². The molecule has 116 valence electrons. The molecule has 0 atom stereocenters. The lowest BCUT2D eigenvalue weighted by atomic mass is 10.2. The minimum atomic E-state index is -0.212. The Morgan fingerprint density at radius 2 is 1.78 bits per heavy atom. The standard InChI is InChI=1S/C18H17N3O2/c1-13-20-16-10-6-5-9-15(16)18(23)21(13)12-17(22)19-11-14-7-3-2-4-8-14/h2-10H,11-12H2,1H3,(H,19,22). The molecular formula is C18H17N3O2. The topological polar surface area (TPSA) is 64.0 Å². The third kappa shape index (κ3) is 3.29. The van der Waals surface area contributed by atoms with Gasteiger partial charge in [-0.2, -0.15) is 0 Å². The fourth-order valence-electron chi connectivity index (χ4n) is 2.46. The molecule has 0 unspecified atom stereocenters. The van der Waals surface area contributed by atoms with Crippen LogP contribution in [0.5, 0.6) is 0 Å². The number of hydrogen-bond acceptors (Lipinski definition) is 3. The van der Waals surface area contributed by atoms with Crippen LogP contribution in [0.2, 0.25) is 0 Å². The van der Waals surface area contributed by atoms with Crippen LogP contribution in [0.4, 0.5) is 0 Å². The smallest absolute Gasteiger partial charge is 0.261 e. The molecule has 0 aliphatic heterocycles. The number of carbonyl (C=O) groups excluding carboxylic acids is 1. The zero-order chi connectivity index (χ0) is 16.2. The zero-order valence-electron chi connectivity index (χ0n) is 12.8. The number of carbonyl (C=O) groups is 1. The number of benzene rings is 2. The molecule has 0 aliphatic rings. The van der Waals surface area contributed by atoms with Crippen molar-refractivity contribution in [3.05, 3.63) is 76.3 Å². The van der Waals surface area contributed by atoms with E-state index in [2.05, 4.69) is 10.3 Å². The molecule has 0 spiro atoms. The van der Waals surface area contributed by atoms with Crippen LogP contribution < -0.4 is 10.9 Å². The van der Waals surface area contributed by atoms with Crippen molar-refractivity contribution in [2.75, 3.05) is 0 Å². The summed E-state index contributed by atoms with van der Waals surface area (Å²) < 4.78 is 1.41. The molecule has 1 heterocycles. The number of nitrogens with zero attached hydrogens (tertiary/aromatic N) is 2. The molecule has 5 heteroatoms. The molecular weight excluding hydrogens is 290 g/mol. The van der Waals surface area contributed by atoms with Gasteiger partial charge in [-0.3, -0.25) is 14.2 Å². The SMILES string of the molecule is Cc1nc2ccccc2c(=O)n1CC(=O)NCc1ccccc1. The Bertz CT molecular complexity index is 901. The van der Waals surface area contributed by atoms with E-state index >= 15 is 0 Å². The fraction of sp³-hybridized carbons (Fsp3) is 0.167. The van der Waals surface area contributed by atoms with Gasteiger partial charge in [-0.25, -0.2) is 4.98 Å². The lowest BCUT2D eigenvalue weighted by Crippen LogP contribution is -2.33. The summed E-state index contributed by atoms with van der Waals surface area (Å²) >= 11 is 0. The average Bonchev–Trinajstić information content (AvgIpc) is 2.58. The highest BCUT2D eigenvalue weighted by molar-refractivity contribution is 5.79. The van der Waals surface area contributed by atoms with E-state index in [9.17, 15) is 9.59 Å². The van der Waals surface area contributed by atoms with Crippen LogP contribution in [0, 0.1) is 6.92 Å². The summed E-state index contributed by atoms with van der Waals surface area (Å²) in [5.74, 6) is 0.319. The second-order valence-corrected chi connectivity index (χ2v) is 5.33. The van der Waals surface area contributed by atoms with Crippen LogP contribution in [0.3, 0.4) is 0 Å². The summed E-state index contributed by atoms with van der Waals surface area (Å²) in [7, 11) is 0. The highest BCUT2D eigenvalue weighted by Crippen LogP contribution is 2.07. The summed E-state index contributed by atoms with van der Waals surface area (Å²) in [5, 5.41) is 3.35. The molecule has 2 aromatic carbocycles. The third-order valence-electron chi connectivity index (χ3n) is 3.69. The summed E-state index contributed by atoms with van der Waals surface area (Å²) in [6.07, 6.45) is 0. The molecule has 0 saturated heterocycles. The molecule has 0 radical (unpaired) electrons. The van der Waals surface area contributed by atoms with Gasteiger partial charge in [0.2, 0.25) is 5.91 Å². The summed E-state index contributed by atoms with van der Waals surface area (Å²) in [6.45, 7) is 2.14.